The van der Waals surface area contributed by atoms with E-state index in [-0.39, 0.29) is 12.1 Å². The smallest absolute Gasteiger partial charge is 0.0446 e. The van der Waals surface area contributed by atoms with Crippen LogP contribution in [-0.2, 0) is 0 Å². The minimum Gasteiger partial charge on any atom is -0.396 e. The summed E-state index contributed by atoms with van der Waals surface area (Å²) in [6, 6.07) is 11.0. The molecule has 1 unspecified atom stereocenters. The van der Waals surface area contributed by atoms with Gasteiger partial charge in [-0.3, -0.25) is 0 Å². The van der Waals surface area contributed by atoms with Crippen molar-refractivity contribution in [2.45, 2.75) is 38.3 Å². The van der Waals surface area contributed by atoms with Crippen molar-refractivity contribution in [2.24, 2.45) is 0 Å². The molecule has 3 heteroatoms. The molecule has 0 aliphatic carbocycles. The summed E-state index contributed by atoms with van der Waals surface area (Å²) in [4.78, 5) is 4.89. The summed E-state index contributed by atoms with van der Waals surface area (Å²) >= 11 is 0. The van der Waals surface area contributed by atoms with E-state index in [0.717, 1.165) is 25.9 Å². The molecule has 0 aromatic heterocycles. The number of rotatable bonds is 3. The van der Waals surface area contributed by atoms with E-state index in [1.54, 1.807) is 0 Å². The van der Waals surface area contributed by atoms with Gasteiger partial charge in [-0.05, 0) is 45.9 Å². The molecule has 19 heavy (non-hydrogen) atoms. The Morgan fingerprint density at radius 1 is 1.26 bits per heavy atom. The van der Waals surface area contributed by atoms with Crippen LogP contribution in [0.4, 0.5) is 5.69 Å². The number of aliphatic hydroxyl groups is 1. The van der Waals surface area contributed by atoms with Crippen molar-refractivity contribution >= 4 is 5.69 Å². The van der Waals surface area contributed by atoms with Gasteiger partial charge in [0.25, 0.3) is 0 Å². The van der Waals surface area contributed by atoms with Crippen molar-refractivity contribution in [3.63, 3.8) is 0 Å². The molecule has 1 aliphatic heterocycles. The van der Waals surface area contributed by atoms with Gasteiger partial charge in [-0.2, -0.15) is 0 Å². The number of hydrogen-bond donors (Lipinski definition) is 1. The number of likely N-dealkylation sites (N-methyl/N-ethyl adjacent to an activating group) is 1. The largest absolute Gasteiger partial charge is 0.396 e. The molecular weight excluding hydrogens is 236 g/mol. The van der Waals surface area contributed by atoms with Gasteiger partial charge in [-0.15, -0.1) is 0 Å². The Balaban J connectivity index is 2.26. The third-order valence-corrected chi connectivity index (χ3v) is 4.35. The van der Waals surface area contributed by atoms with E-state index in [9.17, 15) is 5.11 Å². The van der Waals surface area contributed by atoms with Crippen molar-refractivity contribution in [3.05, 3.63) is 30.3 Å². The minimum atomic E-state index is 0.153. The normalized spacial score (nSPS) is 24.2. The Bertz CT molecular complexity index is 391. The van der Waals surface area contributed by atoms with Crippen molar-refractivity contribution in [2.75, 3.05) is 31.6 Å². The lowest BCUT2D eigenvalue weighted by atomic mass is 9.97. The molecule has 0 saturated carbocycles. The zero-order valence-corrected chi connectivity index (χ0v) is 12.3. The van der Waals surface area contributed by atoms with E-state index in [0.29, 0.717) is 6.04 Å². The average Bonchev–Trinajstić information content (AvgIpc) is 2.51. The highest BCUT2D eigenvalue weighted by atomic mass is 16.3. The van der Waals surface area contributed by atoms with Crippen molar-refractivity contribution in [1.29, 1.82) is 0 Å². The number of hydrogen-bond acceptors (Lipinski definition) is 3. The van der Waals surface area contributed by atoms with Crippen molar-refractivity contribution < 1.29 is 5.11 Å². The zero-order valence-electron chi connectivity index (χ0n) is 12.3. The van der Waals surface area contributed by atoms with Crippen LogP contribution in [0.25, 0.3) is 0 Å². The SMILES string of the molecule is CN1CCC(C)(C)N(c2ccccc2)CC1CCO. The van der Waals surface area contributed by atoms with Crippen LogP contribution in [0.1, 0.15) is 26.7 Å². The predicted octanol–water partition coefficient (Wildman–Crippen LogP) is 2.36. The molecule has 1 saturated heterocycles. The minimum absolute atomic E-state index is 0.153. The summed E-state index contributed by atoms with van der Waals surface area (Å²) in [7, 11) is 2.17. The molecule has 2 rings (SSSR count). The number of para-hydroxylation sites is 1. The molecule has 0 amide bonds. The van der Waals surface area contributed by atoms with Gasteiger partial charge in [0.2, 0.25) is 0 Å². The first-order chi connectivity index (χ1) is 9.04. The molecule has 1 atom stereocenters. The van der Waals surface area contributed by atoms with Crippen LogP contribution >= 0.6 is 0 Å². The number of aliphatic hydroxyl groups excluding tert-OH is 1. The number of benzene rings is 1. The summed E-state index contributed by atoms with van der Waals surface area (Å²) in [5, 5.41) is 9.27. The number of nitrogens with zero attached hydrogens (tertiary/aromatic N) is 2. The van der Waals surface area contributed by atoms with E-state index < -0.39 is 0 Å². The van der Waals surface area contributed by atoms with Gasteiger partial charge in [0.1, 0.15) is 0 Å². The van der Waals surface area contributed by atoms with E-state index in [4.69, 9.17) is 0 Å². The first-order valence-corrected chi connectivity index (χ1v) is 7.18. The van der Waals surface area contributed by atoms with Crippen LogP contribution in [0.2, 0.25) is 0 Å². The lowest BCUT2D eigenvalue weighted by molar-refractivity contribution is 0.196. The molecule has 106 valence electrons. The quantitative estimate of drug-likeness (QED) is 0.906. The topological polar surface area (TPSA) is 26.7 Å². The third kappa shape index (κ3) is 3.28. The standard InChI is InChI=1S/C16H26N2O/c1-16(2)10-11-17(3)15(9-12-19)13-18(16)14-7-5-4-6-8-14/h4-8,15,19H,9-13H2,1-3H3. The second-order valence-corrected chi connectivity index (χ2v) is 6.16. The van der Waals surface area contributed by atoms with E-state index in [1.807, 2.05) is 0 Å². The molecule has 1 aromatic rings. The molecule has 1 N–H and O–H groups in total. The maximum Gasteiger partial charge on any atom is 0.0446 e. The number of anilines is 1. The second-order valence-electron chi connectivity index (χ2n) is 6.16. The summed E-state index contributed by atoms with van der Waals surface area (Å²) in [5.41, 5.74) is 1.44. The van der Waals surface area contributed by atoms with Gasteiger partial charge in [0, 0.05) is 37.0 Å². The molecule has 0 bridgehead atoms. The Hall–Kier alpha value is -1.06. The predicted molar refractivity (Wildman–Crippen MR) is 80.6 cm³/mol. The highest BCUT2D eigenvalue weighted by molar-refractivity contribution is 5.49. The zero-order chi connectivity index (χ0) is 13.9. The molecule has 1 fully saturated rings. The highest BCUT2D eigenvalue weighted by Gasteiger charge is 2.33. The summed E-state index contributed by atoms with van der Waals surface area (Å²) in [6.45, 7) is 6.96. The molecule has 3 nitrogen and oxygen atoms in total. The lowest BCUT2D eigenvalue weighted by Crippen LogP contribution is -2.47. The Morgan fingerprint density at radius 3 is 2.58 bits per heavy atom. The second kappa shape index (κ2) is 5.93. The summed E-state index contributed by atoms with van der Waals surface area (Å²) < 4.78 is 0. The fraction of sp³-hybridized carbons (Fsp3) is 0.625. The molecular formula is C16H26N2O. The van der Waals surface area contributed by atoms with Crippen molar-refractivity contribution in [1.82, 2.24) is 4.90 Å². The van der Waals surface area contributed by atoms with Crippen LogP contribution in [0.5, 0.6) is 0 Å². The van der Waals surface area contributed by atoms with E-state index >= 15 is 0 Å². The van der Waals surface area contributed by atoms with Crippen LogP contribution in [-0.4, -0.2) is 48.3 Å². The van der Waals surface area contributed by atoms with E-state index in [2.05, 4.69) is 61.0 Å². The molecule has 0 spiro atoms. The maximum absolute atomic E-state index is 9.27. The fourth-order valence-corrected chi connectivity index (χ4v) is 2.89. The van der Waals surface area contributed by atoms with Gasteiger partial charge in [0.15, 0.2) is 0 Å². The lowest BCUT2D eigenvalue weighted by Gasteiger charge is -2.40. The van der Waals surface area contributed by atoms with Crippen LogP contribution in [0.3, 0.4) is 0 Å². The fourth-order valence-electron chi connectivity index (χ4n) is 2.89. The Labute approximate surface area is 116 Å². The van der Waals surface area contributed by atoms with Crippen LogP contribution in [0.15, 0.2) is 30.3 Å². The summed E-state index contributed by atoms with van der Waals surface area (Å²) in [5.74, 6) is 0. The molecule has 1 aromatic carbocycles. The monoisotopic (exact) mass is 262 g/mol. The van der Waals surface area contributed by atoms with Gasteiger partial charge in [0.05, 0.1) is 0 Å². The first-order valence-electron chi connectivity index (χ1n) is 7.18. The van der Waals surface area contributed by atoms with Crippen LogP contribution < -0.4 is 4.90 Å². The Kier molecular flexibility index (Phi) is 4.48. The van der Waals surface area contributed by atoms with Gasteiger partial charge in [-0.1, -0.05) is 18.2 Å². The molecule has 0 radical (unpaired) electrons. The van der Waals surface area contributed by atoms with E-state index in [1.165, 1.54) is 5.69 Å². The van der Waals surface area contributed by atoms with Crippen LogP contribution in [0, 0.1) is 0 Å². The molecule has 1 aliphatic rings. The maximum atomic E-state index is 9.27. The first kappa shape index (κ1) is 14.4. The third-order valence-electron chi connectivity index (χ3n) is 4.35. The van der Waals surface area contributed by atoms with Gasteiger partial charge >= 0.3 is 0 Å². The average molecular weight is 262 g/mol. The van der Waals surface area contributed by atoms with Gasteiger partial charge < -0.3 is 14.9 Å². The molecule has 1 heterocycles. The van der Waals surface area contributed by atoms with Gasteiger partial charge in [-0.25, -0.2) is 0 Å². The summed E-state index contributed by atoms with van der Waals surface area (Å²) in [6.07, 6.45) is 1.98. The Morgan fingerprint density at radius 2 is 1.95 bits per heavy atom. The van der Waals surface area contributed by atoms with Crippen molar-refractivity contribution in [3.8, 4) is 0 Å². The highest BCUT2D eigenvalue weighted by Crippen LogP contribution is 2.30.